The van der Waals surface area contributed by atoms with Gasteiger partial charge in [-0.05, 0) is 36.4 Å². The van der Waals surface area contributed by atoms with Crippen LogP contribution in [-0.4, -0.2) is 37.1 Å². The molecular formula is C17H16ClN3O4. The molecule has 1 aliphatic rings. The summed E-state index contributed by atoms with van der Waals surface area (Å²) in [5.74, 6) is -0.418. The molecular weight excluding hydrogens is 346 g/mol. The van der Waals surface area contributed by atoms with E-state index in [-0.39, 0.29) is 11.3 Å². The fraction of sp³-hybridized carbons (Fsp3) is 0.235. The molecule has 0 aliphatic carbocycles. The number of nitro groups is 1. The molecule has 25 heavy (non-hydrogen) atoms. The predicted molar refractivity (Wildman–Crippen MR) is 95.5 cm³/mol. The van der Waals surface area contributed by atoms with Crippen LogP contribution in [0.5, 0.6) is 0 Å². The van der Waals surface area contributed by atoms with Gasteiger partial charge in [-0.25, -0.2) is 0 Å². The molecule has 0 atom stereocenters. The van der Waals surface area contributed by atoms with Crippen molar-refractivity contribution in [1.29, 1.82) is 0 Å². The molecule has 0 unspecified atom stereocenters. The van der Waals surface area contributed by atoms with E-state index >= 15 is 0 Å². The maximum Gasteiger partial charge on any atom is 0.293 e. The largest absolute Gasteiger partial charge is 0.378 e. The van der Waals surface area contributed by atoms with Gasteiger partial charge in [0.25, 0.3) is 11.6 Å². The van der Waals surface area contributed by atoms with Gasteiger partial charge in [0.2, 0.25) is 0 Å². The van der Waals surface area contributed by atoms with Gasteiger partial charge in [0, 0.05) is 35.4 Å². The highest BCUT2D eigenvalue weighted by Gasteiger charge is 2.23. The average molecular weight is 362 g/mol. The number of hydrogen-bond donors (Lipinski definition) is 1. The van der Waals surface area contributed by atoms with E-state index in [1.54, 1.807) is 36.4 Å². The van der Waals surface area contributed by atoms with E-state index in [4.69, 9.17) is 16.3 Å². The fourth-order valence-electron chi connectivity index (χ4n) is 2.62. The first kappa shape index (κ1) is 17.2. The SMILES string of the molecule is O=C(Nc1ccc(Cl)cc1)c1ccc(N2CCOCC2)c([N+](=O)[O-])c1. The molecule has 1 heterocycles. The first-order valence-corrected chi connectivity index (χ1v) is 8.10. The summed E-state index contributed by atoms with van der Waals surface area (Å²) < 4.78 is 5.27. The van der Waals surface area contributed by atoms with Gasteiger partial charge in [0.15, 0.2) is 0 Å². The van der Waals surface area contributed by atoms with Crippen molar-refractivity contribution >= 4 is 34.6 Å². The lowest BCUT2D eigenvalue weighted by molar-refractivity contribution is -0.384. The van der Waals surface area contributed by atoms with Crippen LogP contribution < -0.4 is 10.2 Å². The molecule has 1 N–H and O–H groups in total. The summed E-state index contributed by atoms with van der Waals surface area (Å²) in [4.78, 5) is 25.2. The van der Waals surface area contributed by atoms with E-state index in [1.807, 2.05) is 4.90 Å². The van der Waals surface area contributed by atoms with Crippen molar-refractivity contribution in [3.8, 4) is 0 Å². The highest BCUT2D eigenvalue weighted by Crippen LogP contribution is 2.30. The molecule has 3 rings (SSSR count). The number of anilines is 2. The van der Waals surface area contributed by atoms with E-state index in [0.29, 0.717) is 42.7 Å². The molecule has 1 saturated heterocycles. The molecule has 2 aromatic rings. The first-order valence-electron chi connectivity index (χ1n) is 7.72. The number of carbonyl (C=O) groups excluding carboxylic acids is 1. The van der Waals surface area contributed by atoms with Gasteiger partial charge >= 0.3 is 0 Å². The Bertz CT molecular complexity index is 789. The molecule has 0 bridgehead atoms. The highest BCUT2D eigenvalue weighted by molar-refractivity contribution is 6.30. The van der Waals surface area contributed by atoms with Crippen LogP contribution in [0.3, 0.4) is 0 Å². The topological polar surface area (TPSA) is 84.7 Å². The standard InChI is InChI=1S/C17H16ClN3O4/c18-13-2-4-14(5-3-13)19-17(22)12-1-6-15(16(11-12)21(23)24)20-7-9-25-10-8-20/h1-6,11H,7-10H2,(H,19,22). The zero-order valence-corrected chi connectivity index (χ0v) is 14.0. The zero-order valence-electron chi connectivity index (χ0n) is 13.3. The molecule has 7 nitrogen and oxygen atoms in total. The minimum Gasteiger partial charge on any atom is -0.378 e. The highest BCUT2D eigenvalue weighted by atomic mass is 35.5. The predicted octanol–water partition coefficient (Wildman–Crippen LogP) is 3.34. The Morgan fingerprint density at radius 3 is 2.48 bits per heavy atom. The summed E-state index contributed by atoms with van der Waals surface area (Å²) in [6.07, 6.45) is 0. The van der Waals surface area contributed by atoms with Crippen LogP contribution in [0.1, 0.15) is 10.4 Å². The van der Waals surface area contributed by atoms with Crippen LogP contribution >= 0.6 is 11.6 Å². The average Bonchev–Trinajstić information content (AvgIpc) is 2.63. The van der Waals surface area contributed by atoms with Gasteiger partial charge in [-0.3, -0.25) is 14.9 Å². The third-order valence-corrected chi connectivity index (χ3v) is 4.14. The van der Waals surface area contributed by atoms with Crippen molar-refractivity contribution in [3.05, 3.63) is 63.2 Å². The van der Waals surface area contributed by atoms with Gasteiger partial charge in [-0.1, -0.05) is 11.6 Å². The van der Waals surface area contributed by atoms with Gasteiger partial charge < -0.3 is 15.0 Å². The van der Waals surface area contributed by atoms with Crippen LogP contribution in [0.25, 0.3) is 0 Å². The lowest BCUT2D eigenvalue weighted by atomic mass is 10.1. The van der Waals surface area contributed by atoms with Gasteiger partial charge in [0.05, 0.1) is 18.1 Å². The Balaban J connectivity index is 1.84. The van der Waals surface area contributed by atoms with Crippen molar-refractivity contribution in [3.63, 3.8) is 0 Å². The number of morpholine rings is 1. The molecule has 1 amide bonds. The minimum absolute atomic E-state index is 0.0920. The summed E-state index contributed by atoms with van der Waals surface area (Å²) in [5, 5.41) is 14.7. The van der Waals surface area contributed by atoms with Crippen LogP contribution in [0, 0.1) is 10.1 Å². The fourth-order valence-corrected chi connectivity index (χ4v) is 2.75. The Hall–Kier alpha value is -2.64. The van der Waals surface area contributed by atoms with Crippen molar-refractivity contribution < 1.29 is 14.5 Å². The van der Waals surface area contributed by atoms with Crippen LogP contribution in [-0.2, 0) is 4.74 Å². The molecule has 0 radical (unpaired) electrons. The van der Waals surface area contributed by atoms with Gasteiger partial charge in [-0.2, -0.15) is 0 Å². The lowest BCUT2D eigenvalue weighted by Crippen LogP contribution is -2.36. The number of amides is 1. The van der Waals surface area contributed by atoms with E-state index < -0.39 is 10.8 Å². The third-order valence-electron chi connectivity index (χ3n) is 3.89. The summed E-state index contributed by atoms with van der Waals surface area (Å²) in [5.41, 5.74) is 1.19. The number of benzene rings is 2. The Kier molecular flexibility index (Phi) is 5.16. The normalized spacial score (nSPS) is 14.2. The molecule has 0 aromatic heterocycles. The number of carbonyl (C=O) groups is 1. The number of nitrogens with one attached hydrogen (secondary N) is 1. The van der Waals surface area contributed by atoms with Crippen molar-refractivity contribution in [2.24, 2.45) is 0 Å². The van der Waals surface area contributed by atoms with Gasteiger partial charge in [0.1, 0.15) is 5.69 Å². The lowest BCUT2D eigenvalue weighted by Gasteiger charge is -2.28. The second kappa shape index (κ2) is 7.50. The van der Waals surface area contributed by atoms with E-state index in [9.17, 15) is 14.9 Å². The second-order valence-corrected chi connectivity index (χ2v) is 5.96. The zero-order chi connectivity index (χ0) is 17.8. The minimum atomic E-state index is -0.468. The smallest absolute Gasteiger partial charge is 0.293 e. The molecule has 130 valence electrons. The Morgan fingerprint density at radius 2 is 1.84 bits per heavy atom. The van der Waals surface area contributed by atoms with Crippen molar-refractivity contribution in [1.82, 2.24) is 0 Å². The first-order chi connectivity index (χ1) is 12.0. The third kappa shape index (κ3) is 4.07. The summed E-state index contributed by atoms with van der Waals surface area (Å²) in [6.45, 7) is 2.21. The summed E-state index contributed by atoms with van der Waals surface area (Å²) >= 11 is 5.81. The molecule has 2 aromatic carbocycles. The molecule has 1 fully saturated rings. The number of nitro benzene ring substituents is 1. The monoisotopic (exact) mass is 361 g/mol. The number of hydrogen-bond acceptors (Lipinski definition) is 5. The number of halogens is 1. The number of nitrogens with zero attached hydrogens (tertiary/aromatic N) is 2. The molecule has 1 aliphatic heterocycles. The summed E-state index contributed by atoms with van der Waals surface area (Å²) in [6, 6.07) is 11.1. The maximum absolute atomic E-state index is 12.4. The van der Waals surface area contributed by atoms with E-state index in [1.165, 1.54) is 6.07 Å². The Labute approximate surface area is 149 Å². The van der Waals surface area contributed by atoms with E-state index in [2.05, 4.69) is 5.32 Å². The van der Waals surface area contributed by atoms with Crippen molar-refractivity contribution in [2.45, 2.75) is 0 Å². The maximum atomic E-state index is 12.4. The van der Waals surface area contributed by atoms with Crippen LogP contribution in [0.15, 0.2) is 42.5 Å². The molecule has 8 heteroatoms. The van der Waals surface area contributed by atoms with Crippen LogP contribution in [0.2, 0.25) is 5.02 Å². The summed E-state index contributed by atoms with van der Waals surface area (Å²) in [7, 11) is 0. The second-order valence-electron chi connectivity index (χ2n) is 5.52. The Morgan fingerprint density at radius 1 is 1.16 bits per heavy atom. The van der Waals surface area contributed by atoms with Crippen LogP contribution in [0.4, 0.5) is 17.1 Å². The van der Waals surface area contributed by atoms with Gasteiger partial charge in [-0.15, -0.1) is 0 Å². The number of ether oxygens (including phenoxy) is 1. The van der Waals surface area contributed by atoms with E-state index in [0.717, 1.165) is 0 Å². The van der Waals surface area contributed by atoms with Crippen molar-refractivity contribution in [2.75, 3.05) is 36.5 Å². The number of rotatable bonds is 4. The quantitative estimate of drug-likeness (QED) is 0.667. The molecule has 0 saturated carbocycles. The molecule has 0 spiro atoms.